The molecule has 0 aliphatic heterocycles. The molecule has 0 heterocycles. The highest BCUT2D eigenvalue weighted by Crippen LogP contribution is 2.14. The number of rotatable bonds is 10. The van der Waals surface area contributed by atoms with E-state index < -0.39 is 0 Å². The van der Waals surface area contributed by atoms with Gasteiger partial charge in [0.05, 0.1) is 0 Å². The number of unbranched alkanes of at least 4 members (excludes halogenated alkanes) is 8. The highest BCUT2D eigenvalue weighted by atomic mass is 79.9. The molecule has 1 aromatic carbocycles. The summed E-state index contributed by atoms with van der Waals surface area (Å²) >= 11 is 3.50. The summed E-state index contributed by atoms with van der Waals surface area (Å²) in [4.78, 5) is 0. The van der Waals surface area contributed by atoms with E-state index in [9.17, 15) is 0 Å². The molecule has 0 N–H and O–H groups in total. The van der Waals surface area contributed by atoms with Gasteiger partial charge in [0.15, 0.2) is 0 Å². The summed E-state index contributed by atoms with van der Waals surface area (Å²) in [6.07, 6.45) is 16.9. The average Bonchev–Trinajstić information content (AvgIpc) is 2.41. The van der Waals surface area contributed by atoms with Crippen molar-refractivity contribution in [1.82, 2.24) is 0 Å². The third-order valence-electron chi connectivity index (χ3n) is 3.38. The van der Waals surface area contributed by atoms with Crippen LogP contribution in [0.15, 0.2) is 34.8 Å². The summed E-state index contributed by atoms with van der Waals surface area (Å²) in [6, 6.07) is 8.45. The van der Waals surface area contributed by atoms with Gasteiger partial charge in [0.2, 0.25) is 0 Å². The summed E-state index contributed by atoms with van der Waals surface area (Å²) in [5, 5.41) is 0. The maximum Gasteiger partial charge on any atom is 0.0181 e. The molecule has 0 atom stereocenters. The minimum atomic E-state index is 1.15. The Morgan fingerprint density at radius 3 is 2.32 bits per heavy atom. The third-order valence-corrected chi connectivity index (χ3v) is 3.88. The summed E-state index contributed by atoms with van der Waals surface area (Å²) in [5.74, 6) is 0. The predicted octanol–water partition coefficient (Wildman–Crippen LogP) is 6.99. The molecule has 0 aromatic heterocycles. The molecule has 0 amide bonds. The van der Waals surface area contributed by atoms with E-state index in [1.54, 1.807) is 0 Å². The van der Waals surface area contributed by atoms with Gasteiger partial charge in [-0.05, 0) is 30.5 Å². The molecule has 19 heavy (non-hydrogen) atoms. The van der Waals surface area contributed by atoms with Gasteiger partial charge in [0, 0.05) is 4.47 Å². The fourth-order valence-corrected chi connectivity index (χ4v) is 2.64. The van der Waals surface area contributed by atoms with Crippen molar-refractivity contribution in [2.24, 2.45) is 0 Å². The lowest BCUT2D eigenvalue weighted by Gasteiger charge is -2.00. The van der Waals surface area contributed by atoms with Crippen LogP contribution in [0.4, 0.5) is 0 Å². The Morgan fingerprint density at radius 1 is 0.947 bits per heavy atom. The van der Waals surface area contributed by atoms with E-state index in [-0.39, 0.29) is 0 Å². The number of hydrogen-bond donors (Lipinski definition) is 0. The van der Waals surface area contributed by atoms with E-state index in [4.69, 9.17) is 0 Å². The molecule has 0 saturated heterocycles. The van der Waals surface area contributed by atoms with Crippen LogP contribution in [-0.4, -0.2) is 0 Å². The number of benzene rings is 1. The molecular weight excluding hydrogens is 296 g/mol. The lowest BCUT2D eigenvalue weighted by atomic mass is 10.1. The normalized spacial score (nSPS) is 11.3. The molecule has 106 valence electrons. The Kier molecular flexibility index (Phi) is 9.79. The largest absolute Gasteiger partial charge is 0.0839 e. The SMILES string of the molecule is CCCCCCCCCCC=Cc1cccc(Br)c1. The Balaban J connectivity index is 1.99. The molecule has 1 heteroatoms. The highest BCUT2D eigenvalue weighted by Gasteiger charge is 1.91. The molecule has 0 aliphatic carbocycles. The van der Waals surface area contributed by atoms with Crippen LogP contribution in [0, 0.1) is 0 Å². The van der Waals surface area contributed by atoms with Crippen LogP contribution in [0.1, 0.15) is 70.3 Å². The van der Waals surface area contributed by atoms with Crippen LogP contribution >= 0.6 is 15.9 Å². The van der Waals surface area contributed by atoms with Gasteiger partial charge in [-0.1, -0.05) is 92.1 Å². The van der Waals surface area contributed by atoms with Gasteiger partial charge < -0.3 is 0 Å². The van der Waals surface area contributed by atoms with E-state index in [1.165, 1.54) is 63.4 Å². The molecule has 0 radical (unpaired) electrons. The zero-order chi connectivity index (χ0) is 13.8. The van der Waals surface area contributed by atoms with Gasteiger partial charge in [-0.15, -0.1) is 0 Å². The Morgan fingerprint density at radius 2 is 1.63 bits per heavy atom. The average molecular weight is 323 g/mol. The van der Waals surface area contributed by atoms with Crippen molar-refractivity contribution in [2.75, 3.05) is 0 Å². The van der Waals surface area contributed by atoms with Crippen LogP contribution in [-0.2, 0) is 0 Å². The molecule has 0 saturated carbocycles. The van der Waals surface area contributed by atoms with E-state index in [1.807, 2.05) is 0 Å². The van der Waals surface area contributed by atoms with Gasteiger partial charge in [0.25, 0.3) is 0 Å². The smallest absolute Gasteiger partial charge is 0.0181 e. The highest BCUT2D eigenvalue weighted by molar-refractivity contribution is 9.10. The van der Waals surface area contributed by atoms with Gasteiger partial charge >= 0.3 is 0 Å². The van der Waals surface area contributed by atoms with Crippen molar-refractivity contribution in [3.05, 3.63) is 40.4 Å². The Bertz CT molecular complexity index is 354. The number of allylic oxidation sites excluding steroid dienone is 1. The molecule has 0 fully saturated rings. The lowest BCUT2D eigenvalue weighted by Crippen LogP contribution is -1.80. The first-order chi connectivity index (χ1) is 9.33. The first kappa shape index (κ1) is 16.5. The molecule has 0 unspecified atom stereocenters. The van der Waals surface area contributed by atoms with E-state index in [0.717, 1.165) is 4.47 Å². The molecule has 1 aromatic rings. The van der Waals surface area contributed by atoms with Crippen molar-refractivity contribution in [2.45, 2.75) is 64.7 Å². The molecule has 0 spiro atoms. The predicted molar refractivity (Wildman–Crippen MR) is 90.4 cm³/mol. The van der Waals surface area contributed by atoms with Gasteiger partial charge in [0.1, 0.15) is 0 Å². The zero-order valence-electron chi connectivity index (χ0n) is 12.2. The summed E-state index contributed by atoms with van der Waals surface area (Å²) in [7, 11) is 0. The van der Waals surface area contributed by atoms with E-state index in [2.05, 4.69) is 59.3 Å². The van der Waals surface area contributed by atoms with Crippen LogP contribution in [0.25, 0.3) is 6.08 Å². The Labute approximate surface area is 127 Å². The molecule has 0 aliphatic rings. The van der Waals surface area contributed by atoms with Gasteiger partial charge in [-0.3, -0.25) is 0 Å². The second kappa shape index (κ2) is 11.3. The second-order valence-electron chi connectivity index (χ2n) is 5.22. The first-order valence-corrected chi connectivity index (χ1v) is 8.54. The van der Waals surface area contributed by atoms with Crippen molar-refractivity contribution in [3.8, 4) is 0 Å². The van der Waals surface area contributed by atoms with Crippen molar-refractivity contribution in [3.63, 3.8) is 0 Å². The standard InChI is InChI=1S/C18H27Br/c1-2-3-4-5-6-7-8-9-10-11-13-17-14-12-15-18(19)16-17/h11-16H,2-10H2,1H3. The second-order valence-corrected chi connectivity index (χ2v) is 6.14. The van der Waals surface area contributed by atoms with Crippen LogP contribution in [0.2, 0.25) is 0 Å². The maximum atomic E-state index is 3.50. The van der Waals surface area contributed by atoms with Crippen molar-refractivity contribution < 1.29 is 0 Å². The number of halogens is 1. The molecule has 0 nitrogen and oxygen atoms in total. The fourth-order valence-electron chi connectivity index (χ4n) is 2.23. The van der Waals surface area contributed by atoms with E-state index in [0.29, 0.717) is 0 Å². The summed E-state index contributed by atoms with van der Waals surface area (Å²) < 4.78 is 1.15. The van der Waals surface area contributed by atoms with E-state index >= 15 is 0 Å². The Hall–Kier alpha value is -0.560. The first-order valence-electron chi connectivity index (χ1n) is 7.75. The fraction of sp³-hybridized carbons (Fsp3) is 0.556. The summed E-state index contributed by atoms with van der Waals surface area (Å²) in [5.41, 5.74) is 1.29. The van der Waals surface area contributed by atoms with Crippen LogP contribution < -0.4 is 0 Å². The topological polar surface area (TPSA) is 0 Å². The quantitative estimate of drug-likeness (QED) is 0.407. The zero-order valence-corrected chi connectivity index (χ0v) is 13.8. The molecule has 1 rings (SSSR count). The lowest BCUT2D eigenvalue weighted by molar-refractivity contribution is 0.578. The number of hydrogen-bond acceptors (Lipinski definition) is 0. The molecule has 0 bridgehead atoms. The molecular formula is C18H27Br. The van der Waals surface area contributed by atoms with Crippen LogP contribution in [0.3, 0.4) is 0 Å². The summed E-state index contributed by atoms with van der Waals surface area (Å²) in [6.45, 7) is 2.28. The van der Waals surface area contributed by atoms with Crippen molar-refractivity contribution >= 4 is 22.0 Å². The minimum Gasteiger partial charge on any atom is -0.0839 e. The van der Waals surface area contributed by atoms with Gasteiger partial charge in [-0.25, -0.2) is 0 Å². The van der Waals surface area contributed by atoms with Crippen molar-refractivity contribution in [1.29, 1.82) is 0 Å². The van der Waals surface area contributed by atoms with Gasteiger partial charge in [-0.2, -0.15) is 0 Å². The third kappa shape index (κ3) is 9.04. The minimum absolute atomic E-state index is 1.15. The van der Waals surface area contributed by atoms with Crippen LogP contribution in [0.5, 0.6) is 0 Å². The monoisotopic (exact) mass is 322 g/mol. The maximum absolute atomic E-state index is 3.50.